The van der Waals surface area contributed by atoms with Crippen molar-refractivity contribution in [2.45, 2.75) is 39.2 Å². The van der Waals surface area contributed by atoms with E-state index in [4.69, 9.17) is 0 Å². The molecule has 1 aliphatic rings. The molecule has 20 heavy (non-hydrogen) atoms. The number of hydrogen-bond acceptors (Lipinski definition) is 3. The average Bonchev–Trinajstić information content (AvgIpc) is 2.49. The minimum atomic E-state index is -0.426. The predicted molar refractivity (Wildman–Crippen MR) is 80.2 cm³/mol. The third-order valence-corrected chi connectivity index (χ3v) is 4.93. The van der Waals surface area contributed by atoms with Crippen LogP contribution in [0.25, 0.3) is 11.0 Å². The zero-order valence-electron chi connectivity index (χ0n) is 12.2. The van der Waals surface area contributed by atoms with E-state index in [9.17, 15) is 5.11 Å². The van der Waals surface area contributed by atoms with Crippen molar-refractivity contribution in [3.8, 4) is 0 Å². The van der Waals surface area contributed by atoms with Crippen LogP contribution in [0.3, 0.4) is 0 Å². The van der Waals surface area contributed by atoms with Gasteiger partial charge in [0.15, 0.2) is 0 Å². The Morgan fingerprint density at radius 3 is 2.70 bits per heavy atom. The van der Waals surface area contributed by atoms with E-state index in [-0.39, 0.29) is 0 Å². The third-order valence-electron chi connectivity index (χ3n) is 4.93. The van der Waals surface area contributed by atoms with Gasteiger partial charge in [-0.15, -0.1) is 0 Å². The zero-order valence-corrected chi connectivity index (χ0v) is 12.2. The minimum absolute atomic E-state index is 0.341. The summed E-state index contributed by atoms with van der Waals surface area (Å²) in [6.45, 7) is 4.61. The topological polar surface area (TPSA) is 46.0 Å². The summed E-state index contributed by atoms with van der Waals surface area (Å²) in [6.07, 6.45) is 6.37. The van der Waals surface area contributed by atoms with E-state index < -0.39 is 6.10 Å². The highest BCUT2D eigenvalue weighted by Gasteiger charge is 2.30. The molecule has 0 bridgehead atoms. The molecule has 1 aromatic heterocycles. The lowest BCUT2D eigenvalue weighted by Gasteiger charge is -2.34. The van der Waals surface area contributed by atoms with Crippen molar-refractivity contribution in [1.29, 1.82) is 0 Å². The van der Waals surface area contributed by atoms with Crippen molar-refractivity contribution in [3.63, 3.8) is 0 Å². The van der Waals surface area contributed by atoms with Crippen LogP contribution < -0.4 is 0 Å². The summed E-state index contributed by atoms with van der Waals surface area (Å²) in [5.74, 6) is 1.80. The molecular formula is C17H22N2O. The molecule has 4 atom stereocenters. The van der Waals surface area contributed by atoms with E-state index in [0.29, 0.717) is 11.8 Å². The smallest absolute Gasteiger partial charge is 0.0944 e. The molecular weight excluding hydrogens is 248 g/mol. The Morgan fingerprint density at radius 1 is 1.10 bits per heavy atom. The maximum Gasteiger partial charge on any atom is 0.0944 e. The van der Waals surface area contributed by atoms with E-state index >= 15 is 0 Å². The van der Waals surface area contributed by atoms with Crippen LogP contribution in [0.2, 0.25) is 0 Å². The monoisotopic (exact) mass is 270 g/mol. The first-order valence-corrected chi connectivity index (χ1v) is 7.54. The summed E-state index contributed by atoms with van der Waals surface area (Å²) in [6, 6.07) is 5.90. The van der Waals surface area contributed by atoms with Crippen LogP contribution in [0.4, 0.5) is 0 Å². The first-order chi connectivity index (χ1) is 9.66. The second-order valence-corrected chi connectivity index (χ2v) is 6.24. The highest BCUT2D eigenvalue weighted by atomic mass is 16.3. The van der Waals surface area contributed by atoms with Crippen LogP contribution >= 0.6 is 0 Å². The Kier molecular flexibility index (Phi) is 3.70. The van der Waals surface area contributed by atoms with Gasteiger partial charge in [0, 0.05) is 18.0 Å². The molecule has 0 spiro atoms. The van der Waals surface area contributed by atoms with Crippen LogP contribution in [0.15, 0.2) is 30.6 Å². The van der Waals surface area contributed by atoms with E-state index in [1.165, 1.54) is 6.42 Å². The van der Waals surface area contributed by atoms with Gasteiger partial charge in [0.2, 0.25) is 0 Å². The minimum Gasteiger partial charge on any atom is -0.388 e. The van der Waals surface area contributed by atoms with Crippen molar-refractivity contribution >= 4 is 11.0 Å². The molecule has 106 valence electrons. The fraction of sp³-hybridized carbons (Fsp3) is 0.529. The number of aromatic nitrogens is 2. The standard InChI is InChI=1S/C17H22N2O/c1-11-6-7-13(10-12(11)2)17(20)14-4-3-5-15-16(14)19-9-8-18-15/h3-5,8-9,11-13,17,20H,6-7,10H2,1-2H3. The lowest BCUT2D eigenvalue weighted by molar-refractivity contribution is 0.0570. The molecule has 0 amide bonds. The third kappa shape index (κ3) is 2.42. The molecule has 1 aromatic carbocycles. The summed E-state index contributed by atoms with van der Waals surface area (Å²) in [5, 5.41) is 10.8. The molecule has 1 heterocycles. The van der Waals surface area contributed by atoms with Gasteiger partial charge in [-0.05, 0) is 36.7 Å². The van der Waals surface area contributed by atoms with Crippen molar-refractivity contribution in [1.82, 2.24) is 9.97 Å². The maximum absolute atomic E-state index is 10.8. The van der Waals surface area contributed by atoms with Gasteiger partial charge < -0.3 is 5.11 Å². The van der Waals surface area contributed by atoms with Crippen LogP contribution in [0.1, 0.15) is 44.8 Å². The summed E-state index contributed by atoms with van der Waals surface area (Å²) in [7, 11) is 0. The number of fused-ring (bicyclic) bond motifs is 1. The molecule has 1 saturated carbocycles. The van der Waals surface area contributed by atoms with Crippen molar-refractivity contribution in [2.75, 3.05) is 0 Å². The number of aliphatic hydroxyl groups excluding tert-OH is 1. The summed E-state index contributed by atoms with van der Waals surface area (Å²) in [4.78, 5) is 8.73. The van der Waals surface area contributed by atoms with Gasteiger partial charge in [-0.1, -0.05) is 32.4 Å². The van der Waals surface area contributed by atoms with Crippen LogP contribution in [-0.2, 0) is 0 Å². The quantitative estimate of drug-likeness (QED) is 0.904. The predicted octanol–water partition coefficient (Wildman–Crippen LogP) is 3.74. The Labute approximate surface area is 120 Å². The van der Waals surface area contributed by atoms with Gasteiger partial charge in [-0.2, -0.15) is 0 Å². The average molecular weight is 270 g/mol. The largest absolute Gasteiger partial charge is 0.388 e. The molecule has 4 unspecified atom stereocenters. The first kappa shape index (κ1) is 13.5. The van der Waals surface area contributed by atoms with Crippen molar-refractivity contribution in [2.24, 2.45) is 17.8 Å². The van der Waals surface area contributed by atoms with E-state index in [1.54, 1.807) is 12.4 Å². The molecule has 1 N–H and O–H groups in total. The number of nitrogens with zero attached hydrogens (tertiary/aromatic N) is 2. The molecule has 2 aromatic rings. The molecule has 0 aliphatic heterocycles. The number of aliphatic hydroxyl groups is 1. The first-order valence-electron chi connectivity index (χ1n) is 7.54. The number of rotatable bonds is 2. The van der Waals surface area contributed by atoms with Gasteiger partial charge in [0.05, 0.1) is 17.1 Å². The molecule has 3 rings (SSSR count). The normalized spacial score (nSPS) is 28.4. The van der Waals surface area contributed by atoms with E-state index in [2.05, 4.69) is 23.8 Å². The molecule has 3 heteroatoms. The molecule has 0 saturated heterocycles. The van der Waals surface area contributed by atoms with Gasteiger partial charge >= 0.3 is 0 Å². The van der Waals surface area contributed by atoms with Crippen LogP contribution in [-0.4, -0.2) is 15.1 Å². The van der Waals surface area contributed by atoms with Gasteiger partial charge in [0.1, 0.15) is 0 Å². The van der Waals surface area contributed by atoms with Crippen molar-refractivity contribution in [3.05, 3.63) is 36.2 Å². The maximum atomic E-state index is 10.8. The highest BCUT2D eigenvalue weighted by Crippen LogP contribution is 2.40. The zero-order chi connectivity index (χ0) is 14.1. The van der Waals surface area contributed by atoms with Crippen LogP contribution in [0.5, 0.6) is 0 Å². The van der Waals surface area contributed by atoms with E-state index in [0.717, 1.165) is 35.4 Å². The van der Waals surface area contributed by atoms with Gasteiger partial charge in [-0.3, -0.25) is 9.97 Å². The molecule has 1 aliphatic carbocycles. The number of para-hydroxylation sites is 1. The number of benzene rings is 1. The fourth-order valence-corrected chi connectivity index (χ4v) is 3.38. The molecule has 3 nitrogen and oxygen atoms in total. The lowest BCUT2D eigenvalue weighted by atomic mass is 9.73. The van der Waals surface area contributed by atoms with E-state index in [1.807, 2.05) is 18.2 Å². The van der Waals surface area contributed by atoms with Gasteiger partial charge in [-0.25, -0.2) is 0 Å². The number of hydrogen-bond donors (Lipinski definition) is 1. The Balaban J connectivity index is 1.91. The summed E-state index contributed by atoms with van der Waals surface area (Å²) < 4.78 is 0. The highest BCUT2D eigenvalue weighted by molar-refractivity contribution is 5.77. The Morgan fingerprint density at radius 2 is 1.90 bits per heavy atom. The second kappa shape index (κ2) is 5.49. The second-order valence-electron chi connectivity index (χ2n) is 6.24. The lowest BCUT2D eigenvalue weighted by Crippen LogP contribution is -2.25. The SMILES string of the molecule is CC1CCC(C(O)c2cccc3nccnc23)CC1C. The Hall–Kier alpha value is -1.48. The Bertz CT molecular complexity index is 593. The van der Waals surface area contributed by atoms with Crippen LogP contribution in [0, 0.1) is 17.8 Å². The fourth-order valence-electron chi connectivity index (χ4n) is 3.38. The summed E-state index contributed by atoms with van der Waals surface area (Å²) in [5.41, 5.74) is 2.64. The van der Waals surface area contributed by atoms with Crippen molar-refractivity contribution < 1.29 is 5.11 Å². The molecule has 0 radical (unpaired) electrons. The summed E-state index contributed by atoms with van der Waals surface area (Å²) >= 11 is 0. The molecule has 1 fully saturated rings. The van der Waals surface area contributed by atoms with Gasteiger partial charge in [0.25, 0.3) is 0 Å².